The number of rotatable bonds is 7. The highest BCUT2D eigenvalue weighted by atomic mass is 79.9. The number of Topliss-reactive ketones (excluding diaryl/α,β-unsaturated/α-hetero) is 1. The summed E-state index contributed by atoms with van der Waals surface area (Å²) in [5.74, 6) is 1.20. The second-order valence-electron chi connectivity index (χ2n) is 3.64. The molecule has 0 amide bonds. The van der Waals surface area contributed by atoms with Crippen molar-refractivity contribution in [1.82, 2.24) is 0 Å². The molecule has 3 heteroatoms. The summed E-state index contributed by atoms with van der Waals surface area (Å²) in [5.41, 5.74) is 1.11. The molecule has 0 atom stereocenters. The molecule has 0 saturated carbocycles. The number of ketones is 1. The van der Waals surface area contributed by atoms with Crippen LogP contribution < -0.4 is 4.74 Å². The summed E-state index contributed by atoms with van der Waals surface area (Å²) in [6.07, 6.45) is 2.96. The molecule has 0 bridgehead atoms. The topological polar surface area (TPSA) is 26.3 Å². The molecule has 0 unspecified atom stereocenters. The number of carbonyl (C=O) groups is 1. The first-order chi connectivity index (χ1) is 7.77. The maximum absolute atomic E-state index is 11.5. The van der Waals surface area contributed by atoms with E-state index in [2.05, 4.69) is 15.9 Å². The van der Waals surface area contributed by atoms with Crippen LogP contribution >= 0.6 is 15.9 Å². The summed E-state index contributed by atoms with van der Waals surface area (Å²) in [6.45, 7) is 0. The number of carbonyl (C=O) groups excluding carboxylic acids is 1. The fourth-order valence-electron chi connectivity index (χ4n) is 1.57. The van der Waals surface area contributed by atoms with E-state index >= 15 is 0 Å². The van der Waals surface area contributed by atoms with Gasteiger partial charge in [-0.3, -0.25) is 4.79 Å². The van der Waals surface area contributed by atoms with Gasteiger partial charge in [0, 0.05) is 18.2 Å². The molecule has 0 aliphatic carbocycles. The van der Waals surface area contributed by atoms with Crippen LogP contribution in [-0.2, 0) is 11.2 Å². The maximum Gasteiger partial charge on any atom is 0.133 e. The number of ether oxygens (including phenoxy) is 1. The molecule has 0 heterocycles. The zero-order chi connectivity index (χ0) is 11.8. The number of hydrogen-bond donors (Lipinski definition) is 0. The van der Waals surface area contributed by atoms with E-state index in [1.54, 1.807) is 7.11 Å². The number of aryl methyl sites for hydroxylation is 1. The molecule has 0 aliphatic heterocycles. The van der Waals surface area contributed by atoms with E-state index in [0.717, 1.165) is 29.5 Å². The lowest BCUT2D eigenvalue weighted by molar-refractivity contribution is -0.119. The first-order valence-corrected chi connectivity index (χ1v) is 6.59. The molecule has 0 aliphatic rings. The highest BCUT2D eigenvalue weighted by molar-refractivity contribution is 9.09. The van der Waals surface area contributed by atoms with Gasteiger partial charge in [0.15, 0.2) is 0 Å². The molecule has 1 aromatic carbocycles. The summed E-state index contributed by atoms with van der Waals surface area (Å²) < 4.78 is 5.24. The first kappa shape index (κ1) is 13.2. The number of halogens is 1. The summed E-state index contributed by atoms with van der Waals surface area (Å²) in [4.78, 5) is 11.5. The van der Waals surface area contributed by atoms with Crippen LogP contribution in [0.1, 0.15) is 24.8 Å². The van der Waals surface area contributed by atoms with E-state index in [1.807, 2.05) is 24.3 Å². The predicted octanol–water partition coefficient (Wildman–Crippen LogP) is 3.37. The van der Waals surface area contributed by atoms with E-state index < -0.39 is 0 Å². The molecule has 0 aromatic heterocycles. The number of alkyl halides is 1. The summed E-state index contributed by atoms with van der Waals surface area (Å²) in [5, 5.41) is 0.896. The fourth-order valence-corrected chi connectivity index (χ4v) is 1.85. The number of benzene rings is 1. The van der Waals surface area contributed by atoms with Gasteiger partial charge in [-0.15, -0.1) is 0 Å². The van der Waals surface area contributed by atoms with Crippen molar-refractivity contribution in [3.63, 3.8) is 0 Å². The van der Waals surface area contributed by atoms with Crippen molar-refractivity contribution in [3.8, 4) is 5.75 Å². The molecule has 0 radical (unpaired) electrons. The van der Waals surface area contributed by atoms with Crippen LogP contribution in [0.4, 0.5) is 0 Å². The Balaban J connectivity index is 2.44. The molecule has 1 aromatic rings. The van der Waals surface area contributed by atoms with Crippen molar-refractivity contribution in [2.24, 2.45) is 0 Å². The Kier molecular flexibility index (Phi) is 6.16. The molecule has 0 N–H and O–H groups in total. The van der Waals surface area contributed by atoms with Gasteiger partial charge in [-0.05, 0) is 24.5 Å². The molecule has 2 nitrogen and oxygen atoms in total. The van der Waals surface area contributed by atoms with E-state index in [9.17, 15) is 4.79 Å². The molecule has 1 rings (SSSR count). The predicted molar refractivity (Wildman–Crippen MR) is 69.4 cm³/mol. The Morgan fingerprint density at radius 3 is 2.75 bits per heavy atom. The van der Waals surface area contributed by atoms with Gasteiger partial charge in [0.2, 0.25) is 0 Å². The lowest BCUT2D eigenvalue weighted by atomic mass is 10.0. The highest BCUT2D eigenvalue weighted by Gasteiger charge is 2.05. The van der Waals surface area contributed by atoms with E-state index in [4.69, 9.17) is 4.74 Å². The zero-order valence-electron chi connectivity index (χ0n) is 9.54. The Morgan fingerprint density at radius 1 is 1.31 bits per heavy atom. The van der Waals surface area contributed by atoms with Gasteiger partial charge < -0.3 is 4.74 Å². The average Bonchev–Trinajstić information content (AvgIpc) is 2.34. The third-order valence-electron chi connectivity index (χ3n) is 2.45. The van der Waals surface area contributed by atoms with Crippen LogP contribution in [0, 0.1) is 0 Å². The van der Waals surface area contributed by atoms with Crippen LogP contribution in [0.25, 0.3) is 0 Å². The Morgan fingerprint density at radius 2 is 2.06 bits per heavy atom. The van der Waals surface area contributed by atoms with Crippen molar-refractivity contribution >= 4 is 21.7 Å². The Bertz CT molecular complexity index is 336. The standard InChI is InChI=1S/C13H17BrO2/c1-16-13-7-3-2-5-11(13)8-9-12(15)6-4-10-14/h2-3,5,7H,4,6,8-10H2,1H3. The lowest BCUT2D eigenvalue weighted by Crippen LogP contribution is -2.01. The maximum atomic E-state index is 11.5. The number of hydrogen-bond acceptors (Lipinski definition) is 2. The summed E-state index contributed by atoms with van der Waals surface area (Å²) in [7, 11) is 1.66. The minimum Gasteiger partial charge on any atom is -0.496 e. The second kappa shape index (κ2) is 7.44. The first-order valence-electron chi connectivity index (χ1n) is 5.47. The Hall–Kier alpha value is -0.830. The second-order valence-corrected chi connectivity index (χ2v) is 4.44. The van der Waals surface area contributed by atoms with Crippen molar-refractivity contribution in [3.05, 3.63) is 29.8 Å². The van der Waals surface area contributed by atoms with E-state index in [-0.39, 0.29) is 0 Å². The minimum absolute atomic E-state index is 0.324. The molecule has 0 spiro atoms. The fraction of sp³-hybridized carbons (Fsp3) is 0.462. The molecule has 0 fully saturated rings. The zero-order valence-corrected chi connectivity index (χ0v) is 11.1. The van der Waals surface area contributed by atoms with Crippen molar-refractivity contribution in [1.29, 1.82) is 0 Å². The van der Waals surface area contributed by atoms with Gasteiger partial charge in [-0.2, -0.15) is 0 Å². The van der Waals surface area contributed by atoms with Crippen molar-refractivity contribution < 1.29 is 9.53 Å². The van der Waals surface area contributed by atoms with Gasteiger partial charge in [0.1, 0.15) is 11.5 Å². The van der Waals surface area contributed by atoms with Gasteiger partial charge >= 0.3 is 0 Å². The van der Waals surface area contributed by atoms with Crippen LogP contribution in [0.3, 0.4) is 0 Å². The smallest absolute Gasteiger partial charge is 0.133 e. The third kappa shape index (κ3) is 4.35. The van der Waals surface area contributed by atoms with Crippen LogP contribution in [0.2, 0.25) is 0 Å². The summed E-state index contributed by atoms with van der Waals surface area (Å²) >= 11 is 3.32. The normalized spacial score (nSPS) is 10.1. The van der Waals surface area contributed by atoms with Crippen LogP contribution in [-0.4, -0.2) is 18.2 Å². The van der Waals surface area contributed by atoms with Crippen molar-refractivity contribution in [2.75, 3.05) is 12.4 Å². The molecule has 0 saturated heterocycles. The SMILES string of the molecule is COc1ccccc1CCC(=O)CCCBr. The molecule has 16 heavy (non-hydrogen) atoms. The third-order valence-corrected chi connectivity index (χ3v) is 3.02. The van der Waals surface area contributed by atoms with Crippen molar-refractivity contribution in [2.45, 2.75) is 25.7 Å². The number of para-hydroxylation sites is 1. The van der Waals surface area contributed by atoms with Gasteiger partial charge in [-0.25, -0.2) is 0 Å². The summed E-state index contributed by atoms with van der Waals surface area (Å²) in [6, 6.07) is 7.85. The van der Waals surface area contributed by atoms with E-state index in [1.165, 1.54) is 0 Å². The van der Waals surface area contributed by atoms with Gasteiger partial charge in [0.25, 0.3) is 0 Å². The monoisotopic (exact) mass is 284 g/mol. The number of methoxy groups -OCH3 is 1. The minimum atomic E-state index is 0.324. The molecule has 88 valence electrons. The Labute approximate surface area is 105 Å². The largest absolute Gasteiger partial charge is 0.496 e. The van der Waals surface area contributed by atoms with Crippen LogP contribution in [0.15, 0.2) is 24.3 Å². The highest BCUT2D eigenvalue weighted by Crippen LogP contribution is 2.19. The van der Waals surface area contributed by atoms with Crippen LogP contribution in [0.5, 0.6) is 5.75 Å². The quantitative estimate of drug-likeness (QED) is 0.718. The molecular weight excluding hydrogens is 268 g/mol. The van der Waals surface area contributed by atoms with Gasteiger partial charge in [-0.1, -0.05) is 34.1 Å². The van der Waals surface area contributed by atoms with Gasteiger partial charge in [0.05, 0.1) is 7.11 Å². The lowest BCUT2D eigenvalue weighted by Gasteiger charge is -2.07. The molecular formula is C13H17BrO2. The average molecular weight is 285 g/mol. The van der Waals surface area contributed by atoms with E-state index in [0.29, 0.717) is 18.6 Å².